The Morgan fingerprint density at radius 3 is 2.17 bits per heavy atom. The van der Waals surface area contributed by atoms with Gasteiger partial charge in [0.2, 0.25) is 0 Å². The van der Waals surface area contributed by atoms with Crippen molar-refractivity contribution >= 4 is 34.0 Å². The van der Waals surface area contributed by atoms with Gasteiger partial charge in [0.15, 0.2) is 5.13 Å². The van der Waals surface area contributed by atoms with Crippen LogP contribution in [0.25, 0.3) is 11.1 Å². The van der Waals surface area contributed by atoms with Crippen LogP contribution >= 0.6 is 11.3 Å². The van der Waals surface area contributed by atoms with Crippen molar-refractivity contribution in [2.24, 2.45) is 0 Å². The normalized spacial score (nSPS) is 10.3. The van der Waals surface area contributed by atoms with Gasteiger partial charge < -0.3 is 5.32 Å². The van der Waals surface area contributed by atoms with Crippen LogP contribution in [0.2, 0.25) is 0 Å². The fraction of sp³-hybridized carbons (Fsp3) is 0. The summed E-state index contributed by atoms with van der Waals surface area (Å²) in [6, 6.07) is 24.2. The van der Waals surface area contributed by atoms with Crippen LogP contribution in [-0.4, -0.2) is 16.8 Å². The molecule has 6 heteroatoms. The Kier molecular flexibility index (Phi) is 5.45. The van der Waals surface area contributed by atoms with E-state index in [0.717, 1.165) is 11.1 Å². The molecule has 1 aromatic heterocycles. The molecule has 0 radical (unpaired) electrons. The van der Waals surface area contributed by atoms with Gasteiger partial charge in [-0.05, 0) is 41.5 Å². The molecular weight excluding hydrogens is 382 g/mol. The van der Waals surface area contributed by atoms with Gasteiger partial charge in [0.25, 0.3) is 11.8 Å². The van der Waals surface area contributed by atoms with E-state index < -0.39 is 0 Å². The highest BCUT2D eigenvalue weighted by molar-refractivity contribution is 7.13. The second kappa shape index (κ2) is 8.50. The van der Waals surface area contributed by atoms with Gasteiger partial charge in [-0.2, -0.15) is 0 Å². The molecule has 5 nitrogen and oxygen atoms in total. The summed E-state index contributed by atoms with van der Waals surface area (Å²) >= 11 is 1.34. The Morgan fingerprint density at radius 1 is 0.724 bits per heavy atom. The van der Waals surface area contributed by atoms with Crippen molar-refractivity contribution in [3.63, 3.8) is 0 Å². The predicted octanol–water partition coefficient (Wildman–Crippen LogP) is 5.31. The number of aromatic nitrogens is 1. The van der Waals surface area contributed by atoms with Crippen LogP contribution in [0.4, 0.5) is 10.8 Å². The number of nitrogens with one attached hydrogen (secondary N) is 2. The van der Waals surface area contributed by atoms with E-state index in [1.165, 1.54) is 11.3 Å². The summed E-state index contributed by atoms with van der Waals surface area (Å²) in [6.07, 6.45) is 1.62. The van der Waals surface area contributed by atoms with Gasteiger partial charge in [0.1, 0.15) is 0 Å². The third-order valence-electron chi connectivity index (χ3n) is 4.29. The Hall–Kier alpha value is -3.77. The Morgan fingerprint density at radius 2 is 1.45 bits per heavy atom. The highest BCUT2D eigenvalue weighted by atomic mass is 32.1. The van der Waals surface area contributed by atoms with E-state index in [0.29, 0.717) is 21.9 Å². The molecule has 2 N–H and O–H groups in total. The van der Waals surface area contributed by atoms with Crippen LogP contribution in [0, 0.1) is 0 Å². The fourth-order valence-electron chi connectivity index (χ4n) is 2.84. The first-order valence-electron chi connectivity index (χ1n) is 8.97. The predicted molar refractivity (Wildman–Crippen MR) is 116 cm³/mol. The van der Waals surface area contributed by atoms with Crippen molar-refractivity contribution in [3.8, 4) is 11.1 Å². The largest absolute Gasteiger partial charge is 0.322 e. The smallest absolute Gasteiger partial charge is 0.257 e. The van der Waals surface area contributed by atoms with Gasteiger partial charge >= 0.3 is 0 Å². The minimum absolute atomic E-state index is 0.234. The van der Waals surface area contributed by atoms with E-state index in [4.69, 9.17) is 0 Å². The molecule has 0 spiro atoms. The highest BCUT2D eigenvalue weighted by Gasteiger charge is 2.11. The molecule has 142 valence electrons. The van der Waals surface area contributed by atoms with Crippen LogP contribution in [0.15, 0.2) is 90.4 Å². The van der Waals surface area contributed by atoms with Gasteiger partial charge in [0.05, 0.1) is 0 Å². The number of anilines is 2. The molecule has 0 fully saturated rings. The van der Waals surface area contributed by atoms with Crippen molar-refractivity contribution in [2.45, 2.75) is 0 Å². The summed E-state index contributed by atoms with van der Waals surface area (Å²) in [5.41, 5.74) is 3.68. The van der Waals surface area contributed by atoms with Gasteiger partial charge in [0, 0.05) is 28.4 Å². The molecule has 0 atom stereocenters. The van der Waals surface area contributed by atoms with Gasteiger partial charge in [-0.25, -0.2) is 4.98 Å². The van der Waals surface area contributed by atoms with Crippen LogP contribution in [-0.2, 0) is 0 Å². The Labute approximate surface area is 172 Å². The number of rotatable bonds is 5. The zero-order chi connectivity index (χ0) is 20.1. The number of carbonyl (C=O) groups excluding carboxylic acids is 2. The lowest BCUT2D eigenvalue weighted by Gasteiger charge is -2.08. The number of thiazole rings is 1. The maximum absolute atomic E-state index is 12.6. The number of carbonyl (C=O) groups is 2. The second-order valence-corrected chi connectivity index (χ2v) is 7.16. The van der Waals surface area contributed by atoms with E-state index in [1.54, 1.807) is 48.0 Å². The lowest BCUT2D eigenvalue weighted by molar-refractivity contribution is 0.101. The van der Waals surface area contributed by atoms with E-state index in [2.05, 4.69) is 15.6 Å². The minimum Gasteiger partial charge on any atom is -0.322 e. The van der Waals surface area contributed by atoms with Crippen LogP contribution in [0.1, 0.15) is 20.7 Å². The van der Waals surface area contributed by atoms with Crippen molar-refractivity contribution in [3.05, 3.63) is 102 Å². The molecule has 0 aliphatic heterocycles. The molecule has 0 saturated carbocycles. The number of benzene rings is 3. The molecule has 0 bridgehead atoms. The third-order valence-corrected chi connectivity index (χ3v) is 4.98. The fourth-order valence-corrected chi connectivity index (χ4v) is 3.36. The molecule has 0 aliphatic rings. The van der Waals surface area contributed by atoms with Crippen LogP contribution in [0.3, 0.4) is 0 Å². The van der Waals surface area contributed by atoms with Crippen molar-refractivity contribution < 1.29 is 9.59 Å². The molecule has 4 rings (SSSR count). The second-order valence-electron chi connectivity index (χ2n) is 6.27. The third kappa shape index (κ3) is 4.56. The minimum atomic E-state index is -0.275. The lowest BCUT2D eigenvalue weighted by Crippen LogP contribution is -2.14. The molecule has 1 heterocycles. The molecule has 2 amide bonds. The zero-order valence-corrected chi connectivity index (χ0v) is 16.1. The van der Waals surface area contributed by atoms with Gasteiger partial charge in [-0.3, -0.25) is 14.9 Å². The number of hydrogen-bond donors (Lipinski definition) is 2. The summed E-state index contributed by atoms with van der Waals surface area (Å²) in [5, 5.41) is 7.89. The summed E-state index contributed by atoms with van der Waals surface area (Å²) in [7, 11) is 0. The molecule has 29 heavy (non-hydrogen) atoms. The molecule has 0 unspecified atom stereocenters. The standard InChI is InChI=1S/C23H17N3O2S/c27-21(18-11-9-17(10-12-18)16-5-2-1-3-6-16)25-20-8-4-7-19(15-20)22(28)26-23-24-13-14-29-23/h1-15H,(H,25,27)(H,24,26,28). The summed E-state index contributed by atoms with van der Waals surface area (Å²) in [4.78, 5) is 29.0. The van der Waals surface area contributed by atoms with Crippen LogP contribution < -0.4 is 10.6 Å². The highest BCUT2D eigenvalue weighted by Crippen LogP contribution is 2.20. The first-order valence-corrected chi connectivity index (χ1v) is 9.85. The molecule has 0 saturated heterocycles. The quantitative estimate of drug-likeness (QED) is 0.477. The molecular formula is C23H17N3O2S. The van der Waals surface area contributed by atoms with Crippen molar-refractivity contribution in [1.29, 1.82) is 0 Å². The van der Waals surface area contributed by atoms with E-state index >= 15 is 0 Å². The van der Waals surface area contributed by atoms with E-state index in [1.807, 2.05) is 42.5 Å². The average molecular weight is 399 g/mol. The SMILES string of the molecule is O=C(Nc1cccc(C(=O)Nc2nccs2)c1)c1ccc(-c2ccccc2)cc1. The first-order chi connectivity index (χ1) is 14.2. The summed E-state index contributed by atoms with van der Waals surface area (Å²) in [6.45, 7) is 0. The van der Waals surface area contributed by atoms with Gasteiger partial charge in [-0.1, -0.05) is 48.5 Å². The maximum atomic E-state index is 12.6. The maximum Gasteiger partial charge on any atom is 0.257 e. The number of hydrogen-bond acceptors (Lipinski definition) is 4. The van der Waals surface area contributed by atoms with E-state index in [-0.39, 0.29) is 11.8 Å². The van der Waals surface area contributed by atoms with Gasteiger partial charge in [-0.15, -0.1) is 11.3 Å². The molecule has 3 aromatic carbocycles. The lowest BCUT2D eigenvalue weighted by atomic mass is 10.0. The Balaban J connectivity index is 1.45. The van der Waals surface area contributed by atoms with Crippen molar-refractivity contribution in [2.75, 3.05) is 10.6 Å². The zero-order valence-electron chi connectivity index (χ0n) is 15.3. The first kappa shape index (κ1) is 18.6. The number of nitrogens with zero attached hydrogens (tertiary/aromatic N) is 1. The Bertz CT molecular complexity index is 1120. The molecule has 4 aromatic rings. The summed E-state index contributed by atoms with van der Waals surface area (Å²) in [5.74, 6) is -0.509. The average Bonchev–Trinajstić information content (AvgIpc) is 3.28. The monoisotopic (exact) mass is 399 g/mol. The van der Waals surface area contributed by atoms with Crippen LogP contribution in [0.5, 0.6) is 0 Å². The number of amides is 2. The molecule has 0 aliphatic carbocycles. The van der Waals surface area contributed by atoms with Crippen molar-refractivity contribution in [1.82, 2.24) is 4.98 Å². The van der Waals surface area contributed by atoms with E-state index in [9.17, 15) is 9.59 Å². The topological polar surface area (TPSA) is 71.1 Å². The summed E-state index contributed by atoms with van der Waals surface area (Å²) < 4.78 is 0.